The SMILES string of the molecule is CC(C)CNc1nc(-c2ccc(Cl)cc2)ncc1C(=O)O. The van der Waals surface area contributed by atoms with Crippen molar-refractivity contribution in [3.8, 4) is 11.4 Å². The third kappa shape index (κ3) is 3.92. The maximum absolute atomic E-state index is 11.2. The Kier molecular flexibility index (Phi) is 4.75. The summed E-state index contributed by atoms with van der Waals surface area (Å²) in [5.41, 5.74) is 0.845. The molecule has 21 heavy (non-hydrogen) atoms. The number of aromatic carboxylic acids is 1. The van der Waals surface area contributed by atoms with Crippen LogP contribution in [0, 0.1) is 5.92 Å². The van der Waals surface area contributed by atoms with Crippen LogP contribution < -0.4 is 5.32 Å². The number of carbonyl (C=O) groups is 1. The largest absolute Gasteiger partial charge is 0.477 e. The van der Waals surface area contributed by atoms with Gasteiger partial charge >= 0.3 is 5.97 Å². The molecule has 1 heterocycles. The number of carboxylic acids is 1. The number of hydrogen-bond donors (Lipinski definition) is 2. The Bertz CT molecular complexity index is 642. The Labute approximate surface area is 128 Å². The lowest BCUT2D eigenvalue weighted by Gasteiger charge is -2.11. The van der Waals surface area contributed by atoms with Crippen molar-refractivity contribution in [2.75, 3.05) is 11.9 Å². The van der Waals surface area contributed by atoms with Crippen LogP contribution in [-0.4, -0.2) is 27.6 Å². The Balaban J connectivity index is 2.38. The van der Waals surface area contributed by atoms with Crippen molar-refractivity contribution in [3.63, 3.8) is 0 Å². The minimum atomic E-state index is -1.05. The van der Waals surface area contributed by atoms with Crippen molar-refractivity contribution in [1.29, 1.82) is 0 Å². The van der Waals surface area contributed by atoms with E-state index in [2.05, 4.69) is 15.3 Å². The summed E-state index contributed by atoms with van der Waals surface area (Å²) in [5, 5.41) is 12.9. The molecule has 0 atom stereocenters. The third-order valence-corrected chi connectivity index (χ3v) is 3.05. The van der Waals surface area contributed by atoms with E-state index in [1.165, 1.54) is 6.20 Å². The zero-order chi connectivity index (χ0) is 15.4. The number of hydrogen-bond acceptors (Lipinski definition) is 4. The highest BCUT2D eigenvalue weighted by atomic mass is 35.5. The fraction of sp³-hybridized carbons (Fsp3) is 0.267. The maximum Gasteiger partial charge on any atom is 0.341 e. The first-order chi connectivity index (χ1) is 9.97. The van der Waals surface area contributed by atoms with Gasteiger partial charge in [-0.3, -0.25) is 0 Å². The van der Waals surface area contributed by atoms with Crippen LogP contribution >= 0.6 is 11.6 Å². The smallest absolute Gasteiger partial charge is 0.341 e. The van der Waals surface area contributed by atoms with Crippen LogP contribution in [0.3, 0.4) is 0 Å². The van der Waals surface area contributed by atoms with Gasteiger partial charge in [0.1, 0.15) is 11.4 Å². The molecule has 2 N–H and O–H groups in total. The van der Waals surface area contributed by atoms with E-state index in [0.717, 1.165) is 5.56 Å². The van der Waals surface area contributed by atoms with Crippen molar-refractivity contribution in [3.05, 3.63) is 41.0 Å². The minimum absolute atomic E-state index is 0.0633. The molecule has 0 spiro atoms. The van der Waals surface area contributed by atoms with E-state index in [0.29, 0.717) is 29.1 Å². The molecule has 0 amide bonds. The molecule has 5 nitrogen and oxygen atoms in total. The fourth-order valence-corrected chi connectivity index (χ4v) is 1.84. The highest BCUT2D eigenvalue weighted by Gasteiger charge is 2.14. The summed E-state index contributed by atoms with van der Waals surface area (Å²) in [6.07, 6.45) is 1.32. The monoisotopic (exact) mass is 305 g/mol. The van der Waals surface area contributed by atoms with E-state index in [1.54, 1.807) is 24.3 Å². The molecule has 0 aliphatic heterocycles. The molecule has 1 aromatic heterocycles. The zero-order valence-corrected chi connectivity index (χ0v) is 12.6. The third-order valence-electron chi connectivity index (χ3n) is 2.80. The minimum Gasteiger partial charge on any atom is -0.477 e. The molecule has 0 radical (unpaired) electrons. The molecule has 2 aromatic rings. The maximum atomic E-state index is 11.2. The molecule has 1 aromatic carbocycles. The fourth-order valence-electron chi connectivity index (χ4n) is 1.71. The molecule has 0 saturated carbocycles. The van der Waals surface area contributed by atoms with Crippen LogP contribution in [0.25, 0.3) is 11.4 Å². The average molecular weight is 306 g/mol. The second kappa shape index (κ2) is 6.54. The average Bonchev–Trinajstić information content (AvgIpc) is 2.45. The summed E-state index contributed by atoms with van der Waals surface area (Å²) in [4.78, 5) is 19.7. The van der Waals surface area contributed by atoms with Crippen LogP contribution in [0.4, 0.5) is 5.82 Å². The molecule has 110 valence electrons. The van der Waals surface area contributed by atoms with E-state index in [-0.39, 0.29) is 5.56 Å². The first kappa shape index (κ1) is 15.3. The molecular weight excluding hydrogens is 290 g/mol. The second-order valence-electron chi connectivity index (χ2n) is 5.04. The van der Waals surface area contributed by atoms with Gasteiger partial charge in [0.2, 0.25) is 0 Å². The van der Waals surface area contributed by atoms with Gasteiger partial charge in [-0.05, 0) is 30.2 Å². The Morgan fingerprint density at radius 2 is 2.00 bits per heavy atom. The van der Waals surface area contributed by atoms with Crippen LogP contribution in [0.5, 0.6) is 0 Å². The van der Waals surface area contributed by atoms with Crippen molar-refractivity contribution >= 4 is 23.4 Å². The van der Waals surface area contributed by atoms with Crippen LogP contribution in [0.2, 0.25) is 5.02 Å². The quantitative estimate of drug-likeness (QED) is 0.883. The van der Waals surface area contributed by atoms with E-state index in [1.807, 2.05) is 13.8 Å². The predicted octanol–water partition coefficient (Wildman–Crippen LogP) is 3.56. The molecule has 0 aliphatic carbocycles. The molecule has 0 bridgehead atoms. The van der Waals surface area contributed by atoms with Crippen molar-refractivity contribution in [2.45, 2.75) is 13.8 Å². The molecule has 0 aliphatic rings. The van der Waals surface area contributed by atoms with E-state index < -0.39 is 5.97 Å². The molecule has 0 fully saturated rings. The lowest BCUT2D eigenvalue weighted by molar-refractivity contribution is 0.0697. The first-order valence-electron chi connectivity index (χ1n) is 6.57. The normalized spacial score (nSPS) is 10.7. The summed E-state index contributed by atoms with van der Waals surface area (Å²) in [7, 11) is 0. The Hall–Kier alpha value is -2.14. The number of benzene rings is 1. The number of nitrogens with zero attached hydrogens (tertiary/aromatic N) is 2. The van der Waals surface area contributed by atoms with E-state index in [4.69, 9.17) is 11.6 Å². The highest BCUT2D eigenvalue weighted by Crippen LogP contribution is 2.21. The number of halogens is 1. The van der Waals surface area contributed by atoms with Gasteiger partial charge in [-0.1, -0.05) is 25.4 Å². The number of aromatic nitrogens is 2. The van der Waals surface area contributed by atoms with Gasteiger partial charge in [-0.15, -0.1) is 0 Å². The number of nitrogens with one attached hydrogen (secondary N) is 1. The van der Waals surface area contributed by atoms with Gasteiger partial charge in [0.15, 0.2) is 5.82 Å². The standard InChI is InChI=1S/C15H16ClN3O2/c1-9(2)7-17-14-12(15(20)21)8-18-13(19-14)10-3-5-11(16)6-4-10/h3-6,8-9H,7H2,1-2H3,(H,20,21)(H,17,18,19). The summed E-state index contributed by atoms with van der Waals surface area (Å²) in [5.74, 6) is 0.114. The van der Waals surface area contributed by atoms with Gasteiger partial charge in [0.25, 0.3) is 0 Å². The van der Waals surface area contributed by atoms with E-state index in [9.17, 15) is 9.90 Å². The van der Waals surface area contributed by atoms with E-state index >= 15 is 0 Å². The Morgan fingerprint density at radius 1 is 1.33 bits per heavy atom. The second-order valence-corrected chi connectivity index (χ2v) is 5.48. The van der Waals surface area contributed by atoms with Gasteiger partial charge in [-0.2, -0.15) is 0 Å². The van der Waals surface area contributed by atoms with Gasteiger partial charge in [0.05, 0.1) is 0 Å². The summed E-state index contributed by atoms with van der Waals surface area (Å²) < 4.78 is 0. The van der Waals surface area contributed by atoms with Gasteiger partial charge in [0, 0.05) is 23.3 Å². The van der Waals surface area contributed by atoms with Crippen LogP contribution in [-0.2, 0) is 0 Å². The highest BCUT2D eigenvalue weighted by molar-refractivity contribution is 6.30. The van der Waals surface area contributed by atoms with Gasteiger partial charge < -0.3 is 10.4 Å². The number of anilines is 1. The zero-order valence-electron chi connectivity index (χ0n) is 11.8. The molecule has 0 unspecified atom stereocenters. The van der Waals surface area contributed by atoms with Crippen molar-refractivity contribution in [2.24, 2.45) is 5.92 Å². The molecule has 0 saturated heterocycles. The van der Waals surface area contributed by atoms with Crippen molar-refractivity contribution in [1.82, 2.24) is 9.97 Å². The molecular formula is C15H16ClN3O2. The lowest BCUT2D eigenvalue weighted by atomic mass is 10.2. The summed E-state index contributed by atoms with van der Waals surface area (Å²) >= 11 is 5.85. The Morgan fingerprint density at radius 3 is 2.57 bits per heavy atom. The van der Waals surface area contributed by atoms with Gasteiger partial charge in [-0.25, -0.2) is 14.8 Å². The predicted molar refractivity (Wildman–Crippen MR) is 82.8 cm³/mol. The molecule has 6 heteroatoms. The first-order valence-corrected chi connectivity index (χ1v) is 6.95. The summed E-state index contributed by atoms with van der Waals surface area (Å²) in [6.45, 7) is 4.71. The lowest BCUT2D eigenvalue weighted by Crippen LogP contribution is -2.14. The number of carboxylic acid groups (broad SMARTS) is 1. The number of rotatable bonds is 5. The topological polar surface area (TPSA) is 75.1 Å². The van der Waals surface area contributed by atoms with Crippen molar-refractivity contribution < 1.29 is 9.90 Å². The van der Waals surface area contributed by atoms with Crippen LogP contribution in [0.1, 0.15) is 24.2 Å². The van der Waals surface area contributed by atoms with Crippen LogP contribution in [0.15, 0.2) is 30.5 Å². The molecule has 2 rings (SSSR count). The summed E-state index contributed by atoms with van der Waals surface area (Å²) in [6, 6.07) is 7.08.